The van der Waals surface area contributed by atoms with Gasteiger partial charge in [0.1, 0.15) is 0 Å². The SMILES string of the molecule is C#CC(C)(C)N(C(=O)OC)[N+](=O)[O-]. The number of nitrogens with zero attached hydrogens (tertiary/aromatic N) is 2. The second-order valence-electron chi connectivity index (χ2n) is 2.72. The molecule has 0 atom stereocenters. The average Bonchev–Trinajstić information content (AvgIpc) is 2.03. The van der Waals surface area contributed by atoms with Gasteiger partial charge in [0.2, 0.25) is 0 Å². The molecule has 0 radical (unpaired) electrons. The van der Waals surface area contributed by atoms with Crippen LogP contribution in [0.4, 0.5) is 4.79 Å². The number of methoxy groups -OCH3 is 1. The molecule has 0 heterocycles. The number of amides is 1. The van der Waals surface area contributed by atoms with Gasteiger partial charge in [0.25, 0.3) is 0 Å². The predicted octanol–water partition coefficient (Wildman–Crippen LogP) is 0.658. The van der Waals surface area contributed by atoms with Crippen LogP contribution < -0.4 is 0 Å². The molecule has 0 aromatic heterocycles. The maximum atomic E-state index is 10.9. The van der Waals surface area contributed by atoms with Gasteiger partial charge in [0.05, 0.1) is 7.11 Å². The fraction of sp³-hybridized carbons (Fsp3) is 0.571. The number of hydrazine groups is 1. The molecule has 0 fully saturated rings. The summed E-state index contributed by atoms with van der Waals surface area (Å²) in [4.78, 5) is 21.4. The quantitative estimate of drug-likeness (QED) is 0.360. The normalized spacial score (nSPS) is 10.0. The number of rotatable bonds is 2. The summed E-state index contributed by atoms with van der Waals surface area (Å²) in [6.45, 7) is 2.74. The molecular formula is C7H10N2O4. The molecule has 0 saturated carbocycles. The second-order valence-corrected chi connectivity index (χ2v) is 2.72. The Hall–Kier alpha value is -1.77. The van der Waals surface area contributed by atoms with Crippen LogP contribution in [0.1, 0.15) is 13.8 Å². The van der Waals surface area contributed by atoms with Gasteiger partial charge in [0.15, 0.2) is 10.6 Å². The minimum atomic E-state index is -1.31. The van der Waals surface area contributed by atoms with E-state index in [0.717, 1.165) is 7.11 Å². The van der Waals surface area contributed by atoms with E-state index in [4.69, 9.17) is 6.42 Å². The van der Waals surface area contributed by atoms with Crippen LogP contribution in [-0.4, -0.2) is 28.8 Å². The third-order valence-electron chi connectivity index (χ3n) is 1.39. The van der Waals surface area contributed by atoms with Gasteiger partial charge in [-0.05, 0) is 18.9 Å². The summed E-state index contributed by atoms with van der Waals surface area (Å²) in [6.07, 6.45) is 3.94. The lowest BCUT2D eigenvalue weighted by Gasteiger charge is -2.22. The maximum absolute atomic E-state index is 10.9. The summed E-state index contributed by atoms with van der Waals surface area (Å²) in [5.74, 6) is 2.12. The molecule has 0 unspecified atom stereocenters. The molecule has 1 amide bonds. The number of ether oxygens (including phenoxy) is 1. The van der Waals surface area contributed by atoms with Gasteiger partial charge >= 0.3 is 6.09 Å². The molecule has 6 heteroatoms. The standard InChI is InChI=1S/C7H10N2O4/c1-5-7(2,3)8(9(11)12)6(10)13-4/h1H,2-4H3. The zero-order valence-corrected chi connectivity index (χ0v) is 7.60. The van der Waals surface area contributed by atoms with Crippen molar-refractivity contribution in [3.05, 3.63) is 10.1 Å². The first-order valence-electron chi connectivity index (χ1n) is 3.37. The molecule has 0 aliphatic carbocycles. The van der Waals surface area contributed by atoms with E-state index in [1.54, 1.807) is 0 Å². The van der Waals surface area contributed by atoms with Gasteiger partial charge in [-0.25, -0.2) is 14.9 Å². The molecule has 72 valence electrons. The van der Waals surface area contributed by atoms with E-state index in [1.807, 2.05) is 0 Å². The maximum Gasteiger partial charge on any atom is 0.469 e. The number of carbonyl (C=O) groups is 1. The highest BCUT2D eigenvalue weighted by atomic mass is 16.7. The lowest BCUT2D eigenvalue weighted by atomic mass is 10.1. The Morgan fingerprint density at radius 1 is 1.69 bits per heavy atom. The van der Waals surface area contributed by atoms with Crippen LogP contribution in [0.25, 0.3) is 0 Å². The first kappa shape index (κ1) is 11.2. The van der Waals surface area contributed by atoms with E-state index in [-0.39, 0.29) is 5.01 Å². The van der Waals surface area contributed by atoms with E-state index in [2.05, 4.69) is 10.7 Å². The molecule has 13 heavy (non-hydrogen) atoms. The van der Waals surface area contributed by atoms with Gasteiger partial charge in [0, 0.05) is 0 Å². The largest absolute Gasteiger partial charge is 0.469 e. The lowest BCUT2D eigenvalue weighted by Crippen LogP contribution is -2.50. The number of nitro groups is 1. The smallest absolute Gasteiger partial charge is 0.449 e. The number of hydrogen-bond acceptors (Lipinski definition) is 4. The average molecular weight is 186 g/mol. The zero-order valence-electron chi connectivity index (χ0n) is 7.60. The molecule has 0 N–H and O–H groups in total. The summed E-state index contributed by atoms with van der Waals surface area (Å²) in [5, 5.41) is 9.80. The lowest BCUT2D eigenvalue weighted by molar-refractivity contribution is -0.648. The highest BCUT2D eigenvalue weighted by Gasteiger charge is 2.40. The van der Waals surface area contributed by atoms with Crippen molar-refractivity contribution in [1.29, 1.82) is 0 Å². The third kappa shape index (κ3) is 2.33. The highest BCUT2D eigenvalue weighted by molar-refractivity contribution is 5.67. The monoisotopic (exact) mass is 186 g/mol. The van der Waals surface area contributed by atoms with Crippen molar-refractivity contribution in [2.45, 2.75) is 19.4 Å². The molecule has 0 spiro atoms. The van der Waals surface area contributed by atoms with E-state index in [0.29, 0.717) is 0 Å². The Morgan fingerprint density at radius 2 is 2.15 bits per heavy atom. The Morgan fingerprint density at radius 3 is 2.38 bits per heavy atom. The van der Waals surface area contributed by atoms with Crippen molar-refractivity contribution in [3.63, 3.8) is 0 Å². The van der Waals surface area contributed by atoms with E-state index in [1.165, 1.54) is 13.8 Å². The van der Waals surface area contributed by atoms with Crippen molar-refractivity contribution < 1.29 is 14.6 Å². The summed E-state index contributed by atoms with van der Waals surface area (Å²) in [7, 11) is 1.05. The second kappa shape index (κ2) is 3.76. The number of carbonyl (C=O) groups excluding carboxylic acids is 1. The van der Waals surface area contributed by atoms with Gasteiger partial charge < -0.3 is 4.74 Å². The Bertz CT molecular complexity index is 266. The van der Waals surface area contributed by atoms with E-state index >= 15 is 0 Å². The van der Waals surface area contributed by atoms with Crippen LogP contribution in [0, 0.1) is 22.5 Å². The predicted molar refractivity (Wildman–Crippen MR) is 44.2 cm³/mol. The molecule has 0 aliphatic rings. The van der Waals surface area contributed by atoms with Crippen LogP contribution in [-0.2, 0) is 4.74 Å². The van der Waals surface area contributed by atoms with Crippen LogP contribution >= 0.6 is 0 Å². The van der Waals surface area contributed by atoms with Crippen LogP contribution in [0.3, 0.4) is 0 Å². The molecule has 0 bridgehead atoms. The molecule has 0 aliphatic heterocycles. The molecule has 0 rings (SSSR count). The molecule has 0 aromatic carbocycles. The summed E-state index contributed by atoms with van der Waals surface area (Å²) >= 11 is 0. The minimum Gasteiger partial charge on any atom is -0.449 e. The third-order valence-corrected chi connectivity index (χ3v) is 1.39. The van der Waals surface area contributed by atoms with Gasteiger partial charge in [-0.2, -0.15) is 0 Å². The van der Waals surface area contributed by atoms with Gasteiger partial charge in [-0.3, -0.25) is 0 Å². The summed E-state index contributed by atoms with van der Waals surface area (Å²) < 4.78 is 4.21. The minimum absolute atomic E-state index is 0.257. The van der Waals surface area contributed by atoms with E-state index < -0.39 is 16.7 Å². The topological polar surface area (TPSA) is 72.7 Å². The molecule has 6 nitrogen and oxygen atoms in total. The molecule has 0 saturated heterocycles. The van der Waals surface area contributed by atoms with Crippen LogP contribution in [0.5, 0.6) is 0 Å². The Balaban J connectivity index is 4.95. The molecule has 0 aromatic rings. The Kier molecular flexibility index (Phi) is 3.25. The van der Waals surface area contributed by atoms with Crippen LogP contribution in [0.15, 0.2) is 0 Å². The Labute approximate surface area is 75.6 Å². The van der Waals surface area contributed by atoms with Crippen molar-refractivity contribution >= 4 is 6.09 Å². The van der Waals surface area contributed by atoms with Crippen molar-refractivity contribution in [1.82, 2.24) is 5.01 Å². The van der Waals surface area contributed by atoms with Gasteiger partial charge in [-0.1, -0.05) is 5.92 Å². The molecular weight excluding hydrogens is 176 g/mol. The zero-order chi connectivity index (χ0) is 10.6. The summed E-state index contributed by atoms with van der Waals surface area (Å²) in [5.41, 5.74) is -1.31. The van der Waals surface area contributed by atoms with Crippen molar-refractivity contribution in [3.8, 4) is 12.3 Å². The van der Waals surface area contributed by atoms with Crippen molar-refractivity contribution in [2.24, 2.45) is 0 Å². The first-order chi connectivity index (χ1) is 5.86. The fourth-order valence-corrected chi connectivity index (χ4v) is 0.647. The van der Waals surface area contributed by atoms with Crippen LogP contribution in [0.2, 0.25) is 0 Å². The number of terminal acetylenes is 1. The fourth-order valence-electron chi connectivity index (χ4n) is 0.647. The number of hydrogen-bond donors (Lipinski definition) is 0. The van der Waals surface area contributed by atoms with Crippen molar-refractivity contribution in [2.75, 3.05) is 7.11 Å². The summed E-state index contributed by atoms with van der Waals surface area (Å²) in [6, 6.07) is 0. The first-order valence-corrected chi connectivity index (χ1v) is 3.37. The van der Waals surface area contributed by atoms with Gasteiger partial charge in [-0.15, -0.1) is 6.42 Å². The van der Waals surface area contributed by atoms with E-state index in [9.17, 15) is 14.9 Å². The highest BCUT2D eigenvalue weighted by Crippen LogP contribution is 2.13.